The van der Waals surface area contributed by atoms with Gasteiger partial charge in [-0.3, -0.25) is 4.90 Å². The minimum absolute atomic E-state index is 0.0192. The van der Waals surface area contributed by atoms with Crippen molar-refractivity contribution in [3.05, 3.63) is 47.1 Å². The Hall–Kier alpha value is -1.74. The van der Waals surface area contributed by atoms with Crippen LogP contribution in [0.5, 0.6) is 11.5 Å². The molecule has 1 saturated heterocycles. The van der Waals surface area contributed by atoms with E-state index in [-0.39, 0.29) is 11.5 Å². The minimum atomic E-state index is -0.0192. The lowest BCUT2D eigenvalue weighted by Gasteiger charge is -2.48. The molecule has 4 rings (SSSR count). The van der Waals surface area contributed by atoms with Crippen molar-refractivity contribution in [2.24, 2.45) is 0 Å². The third kappa shape index (κ3) is 2.14. The number of allylic oxidation sites excluding steroid dienone is 2. The normalized spacial score (nSPS) is 30.2. The van der Waals surface area contributed by atoms with Crippen molar-refractivity contribution in [3.8, 4) is 11.5 Å². The van der Waals surface area contributed by atoms with Gasteiger partial charge in [0.25, 0.3) is 0 Å². The molecule has 0 amide bonds. The van der Waals surface area contributed by atoms with E-state index in [1.54, 1.807) is 7.11 Å². The van der Waals surface area contributed by atoms with E-state index >= 15 is 0 Å². The van der Waals surface area contributed by atoms with E-state index < -0.39 is 0 Å². The SMILES string of the molecule is CC.COc1ccc(C)c2c1O[C@H]1C=CC=C3C(C)N(C)CCC321. The number of hydrogen-bond acceptors (Lipinski definition) is 3. The highest BCUT2D eigenvalue weighted by atomic mass is 16.5. The van der Waals surface area contributed by atoms with Gasteiger partial charge in [0.2, 0.25) is 0 Å². The first-order chi connectivity index (χ1) is 11.6. The molecule has 2 aliphatic heterocycles. The fourth-order valence-electron chi connectivity index (χ4n) is 4.49. The van der Waals surface area contributed by atoms with Gasteiger partial charge in [-0.05, 0) is 57.1 Å². The largest absolute Gasteiger partial charge is 0.493 e. The van der Waals surface area contributed by atoms with E-state index in [1.165, 1.54) is 16.7 Å². The van der Waals surface area contributed by atoms with E-state index in [0.29, 0.717) is 6.04 Å². The number of rotatable bonds is 1. The molecule has 3 heteroatoms. The molecule has 0 aromatic heterocycles. The second-order valence-electron chi connectivity index (χ2n) is 6.71. The van der Waals surface area contributed by atoms with E-state index in [1.807, 2.05) is 19.9 Å². The van der Waals surface area contributed by atoms with Crippen LogP contribution >= 0.6 is 0 Å². The number of fused-ring (bicyclic) bond motifs is 1. The molecule has 1 fully saturated rings. The lowest BCUT2D eigenvalue weighted by atomic mass is 9.62. The zero-order chi connectivity index (χ0) is 17.5. The maximum Gasteiger partial charge on any atom is 0.166 e. The van der Waals surface area contributed by atoms with Crippen LogP contribution in [-0.2, 0) is 5.41 Å². The molecule has 1 aliphatic carbocycles. The fraction of sp³-hybridized carbons (Fsp3) is 0.524. The first kappa shape index (κ1) is 17.1. The monoisotopic (exact) mass is 327 g/mol. The lowest BCUT2D eigenvalue weighted by Crippen LogP contribution is -2.53. The Morgan fingerprint density at radius 1 is 1.29 bits per heavy atom. The Morgan fingerprint density at radius 3 is 2.75 bits per heavy atom. The highest BCUT2D eigenvalue weighted by Crippen LogP contribution is 2.58. The molecule has 3 atom stereocenters. The Kier molecular flexibility index (Phi) is 4.48. The van der Waals surface area contributed by atoms with E-state index in [9.17, 15) is 0 Å². The van der Waals surface area contributed by atoms with Crippen molar-refractivity contribution in [1.82, 2.24) is 4.90 Å². The minimum Gasteiger partial charge on any atom is -0.493 e. The molecule has 2 heterocycles. The van der Waals surface area contributed by atoms with Crippen LogP contribution in [0, 0.1) is 6.92 Å². The van der Waals surface area contributed by atoms with Gasteiger partial charge >= 0.3 is 0 Å². The van der Waals surface area contributed by atoms with Gasteiger partial charge in [0.1, 0.15) is 6.10 Å². The van der Waals surface area contributed by atoms with Gasteiger partial charge in [0.05, 0.1) is 12.5 Å². The Bertz CT molecular complexity index is 691. The van der Waals surface area contributed by atoms with Gasteiger partial charge in [-0.1, -0.05) is 32.1 Å². The summed E-state index contributed by atoms with van der Waals surface area (Å²) in [6, 6.07) is 4.62. The van der Waals surface area contributed by atoms with Gasteiger partial charge in [0, 0.05) is 11.6 Å². The standard InChI is InChI=1S/C19H23NO2.C2H6/c1-12-8-9-15(21-4)18-17(12)19-10-11-20(3)13(2)14(19)6-5-7-16(19)22-18;1-2/h5-9,13,16H,10-11H2,1-4H3;1-2H3/t13?,16-,19?;/m0./s1. The zero-order valence-corrected chi connectivity index (χ0v) is 15.7. The maximum absolute atomic E-state index is 6.39. The first-order valence-electron chi connectivity index (χ1n) is 9.03. The maximum atomic E-state index is 6.39. The summed E-state index contributed by atoms with van der Waals surface area (Å²) in [4.78, 5) is 2.43. The quantitative estimate of drug-likeness (QED) is 0.770. The zero-order valence-electron chi connectivity index (χ0n) is 15.7. The lowest BCUT2D eigenvalue weighted by molar-refractivity contribution is 0.130. The van der Waals surface area contributed by atoms with E-state index in [0.717, 1.165) is 24.5 Å². The molecule has 1 aromatic rings. The summed E-state index contributed by atoms with van der Waals surface area (Å²) in [6.45, 7) is 9.58. The number of ether oxygens (including phenoxy) is 2. The van der Waals surface area contributed by atoms with Crippen LogP contribution in [0.25, 0.3) is 0 Å². The third-order valence-corrected chi connectivity index (χ3v) is 5.77. The molecule has 0 bridgehead atoms. The Labute approximate surface area is 146 Å². The number of aryl methyl sites for hydroxylation is 1. The molecule has 0 radical (unpaired) electrons. The van der Waals surface area contributed by atoms with E-state index in [4.69, 9.17) is 9.47 Å². The molecular weight excluding hydrogens is 298 g/mol. The van der Waals surface area contributed by atoms with Crippen molar-refractivity contribution >= 4 is 0 Å². The number of methoxy groups -OCH3 is 1. The van der Waals surface area contributed by atoms with E-state index in [2.05, 4.69) is 50.1 Å². The molecule has 0 N–H and O–H groups in total. The molecule has 1 spiro atoms. The third-order valence-electron chi connectivity index (χ3n) is 5.77. The van der Waals surface area contributed by atoms with Crippen LogP contribution < -0.4 is 9.47 Å². The second-order valence-corrected chi connectivity index (χ2v) is 6.71. The molecule has 3 aliphatic rings. The van der Waals surface area contributed by atoms with Crippen LogP contribution in [-0.4, -0.2) is 37.7 Å². The van der Waals surface area contributed by atoms with Crippen molar-refractivity contribution in [2.45, 2.75) is 51.7 Å². The number of piperidine rings is 1. The fourth-order valence-corrected chi connectivity index (χ4v) is 4.49. The molecule has 130 valence electrons. The number of likely N-dealkylation sites (tertiary alicyclic amines) is 1. The van der Waals surface area contributed by atoms with Crippen LogP contribution in [0.3, 0.4) is 0 Å². The topological polar surface area (TPSA) is 21.7 Å². The van der Waals surface area contributed by atoms with Crippen LogP contribution in [0.4, 0.5) is 0 Å². The van der Waals surface area contributed by atoms with Gasteiger partial charge in [-0.2, -0.15) is 0 Å². The van der Waals surface area contributed by atoms with Crippen LogP contribution in [0.2, 0.25) is 0 Å². The average Bonchev–Trinajstić information content (AvgIpc) is 2.96. The van der Waals surface area contributed by atoms with Gasteiger partial charge in [-0.15, -0.1) is 0 Å². The second kappa shape index (κ2) is 6.29. The highest BCUT2D eigenvalue weighted by Gasteiger charge is 2.56. The molecule has 24 heavy (non-hydrogen) atoms. The molecule has 1 aromatic carbocycles. The summed E-state index contributed by atoms with van der Waals surface area (Å²) in [6.07, 6.45) is 7.85. The Balaban J connectivity index is 0.000000815. The van der Waals surface area contributed by atoms with Gasteiger partial charge in [-0.25, -0.2) is 0 Å². The van der Waals surface area contributed by atoms with Crippen molar-refractivity contribution in [3.63, 3.8) is 0 Å². The van der Waals surface area contributed by atoms with Gasteiger partial charge in [0.15, 0.2) is 11.5 Å². The predicted molar refractivity (Wildman–Crippen MR) is 99.1 cm³/mol. The number of benzene rings is 1. The molecular formula is C21H29NO2. The van der Waals surface area contributed by atoms with Crippen LogP contribution in [0.1, 0.15) is 38.3 Å². The summed E-state index contributed by atoms with van der Waals surface area (Å²) in [5, 5.41) is 0. The summed E-state index contributed by atoms with van der Waals surface area (Å²) in [7, 11) is 3.93. The van der Waals surface area contributed by atoms with Crippen molar-refractivity contribution < 1.29 is 9.47 Å². The molecule has 3 nitrogen and oxygen atoms in total. The Morgan fingerprint density at radius 2 is 2.04 bits per heavy atom. The first-order valence-corrected chi connectivity index (χ1v) is 9.03. The molecule has 0 saturated carbocycles. The van der Waals surface area contributed by atoms with Gasteiger partial charge < -0.3 is 9.47 Å². The van der Waals surface area contributed by atoms with Crippen LogP contribution in [0.15, 0.2) is 35.9 Å². The van der Waals surface area contributed by atoms with Crippen molar-refractivity contribution in [1.29, 1.82) is 0 Å². The smallest absolute Gasteiger partial charge is 0.166 e. The highest BCUT2D eigenvalue weighted by molar-refractivity contribution is 5.64. The van der Waals surface area contributed by atoms with Crippen molar-refractivity contribution in [2.75, 3.05) is 20.7 Å². The average molecular weight is 327 g/mol. The molecule has 2 unspecified atom stereocenters. The number of nitrogens with zero attached hydrogens (tertiary/aromatic N) is 1. The number of hydrogen-bond donors (Lipinski definition) is 0. The summed E-state index contributed by atoms with van der Waals surface area (Å²) < 4.78 is 11.9. The number of likely N-dealkylation sites (N-methyl/N-ethyl adjacent to an activating group) is 1. The predicted octanol–water partition coefficient (Wildman–Crippen LogP) is 4.25. The summed E-state index contributed by atoms with van der Waals surface area (Å²) in [5.74, 6) is 1.80. The summed E-state index contributed by atoms with van der Waals surface area (Å²) >= 11 is 0. The summed E-state index contributed by atoms with van der Waals surface area (Å²) in [5.41, 5.74) is 4.10.